The maximum Gasteiger partial charge on any atom is 0.256 e. The number of aryl methyl sites for hydroxylation is 2. The molecule has 10 heavy (non-hydrogen) atoms. The second kappa shape index (κ2) is 2.55. The first-order valence-corrected chi connectivity index (χ1v) is 3.59. The molecule has 0 aliphatic rings. The highest BCUT2D eigenvalue weighted by atomic mass is 31.0. The summed E-state index contributed by atoms with van der Waals surface area (Å²) in [6, 6.07) is 3.75. The van der Waals surface area contributed by atoms with Gasteiger partial charge in [-0.05, 0) is 29.3 Å². The Bertz CT molecular complexity index is 303. The number of pyridine rings is 1. The summed E-state index contributed by atoms with van der Waals surface area (Å²) < 4.78 is 1.56. The molecule has 54 valence electrons. The van der Waals surface area contributed by atoms with E-state index < -0.39 is 0 Å². The molecule has 2 nitrogen and oxygen atoms in total. The maximum atomic E-state index is 11.1. The second-order valence-electron chi connectivity index (χ2n) is 2.33. The minimum Gasteiger partial charge on any atom is -0.297 e. The van der Waals surface area contributed by atoms with E-state index in [2.05, 4.69) is 9.39 Å². The smallest absolute Gasteiger partial charge is 0.256 e. The Morgan fingerprint density at radius 1 is 1.40 bits per heavy atom. The zero-order valence-corrected chi connectivity index (χ0v) is 7.24. The van der Waals surface area contributed by atoms with Gasteiger partial charge in [0, 0.05) is 11.3 Å². The van der Waals surface area contributed by atoms with Crippen molar-refractivity contribution in [2.24, 2.45) is 0 Å². The van der Waals surface area contributed by atoms with Gasteiger partial charge >= 0.3 is 0 Å². The lowest BCUT2D eigenvalue weighted by molar-refractivity contribution is 1.04. The van der Waals surface area contributed by atoms with Crippen LogP contribution in [0.5, 0.6) is 0 Å². The fourth-order valence-corrected chi connectivity index (χ4v) is 1.04. The molecule has 0 aromatic carbocycles. The highest BCUT2D eigenvalue weighted by Gasteiger charge is 1.95. The summed E-state index contributed by atoms with van der Waals surface area (Å²) in [4.78, 5) is 11.1. The minimum absolute atomic E-state index is 0.0602. The summed E-state index contributed by atoms with van der Waals surface area (Å²) in [6.45, 7) is 3.70. The summed E-state index contributed by atoms with van der Waals surface area (Å²) >= 11 is 0. The van der Waals surface area contributed by atoms with Crippen LogP contribution >= 0.6 is 9.39 Å². The van der Waals surface area contributed by atoms with Crippen LogP contribution in [0.3, 0.4) is 0 Å². The zero-order chi connectivity index (χ0) is 7.72. The van der Waals surface area contributed by atoms with Crippen LogP contribution in [-0.4, -0.2) is 4.34 Å². The van der Waals surface area contributed by atoms with E-state index in [1.807, 2.05) is 26.0 Å². The molecule has 0 radical (unpaired) electrons. The summed E-state index contributed by atoms with van der Waals surface area (Å²) in [6.07, 6.45) is 0. The van der Waals surface area contributed by atoms with Gasteiger partial charge in [0.15, 0.2) is 0 Å². The molecule has 0 aliphatic carbocycles. The van der Waals surface area contributed by atoms with E-state index in [1.54, 1.807) is 4.34 Å². The lowest BCUT2D eigenvalue weighted by atomic mass is 10.3. The predicted molar refractivity (Wildman–Crippen MR) is 45.3 cm³/mol. The summed E-state index contributed by atoms with van der Waals surface area (Å²) in [5.74, 6) is 0. The molecule has 0 spiro atoms. The van der Waals surface area contributed by atoms with Crippen molar-refractivity contribution in [1.82, 2.24) is 4.34 Å². The average molecular weight is 155 g/mol. The van der Waals surface area contributed by atoms with Gasteiger partial charge in [-0.15, -0.1) is 0 Å². The van der Waals surface area contributed by atoms with Crippen LogP contribution in [0, 0.1) is 13.8 Å². The van der Waals surface area contributed by atoms with Crippen LogP contribution in [0.25, 0.3) is 0 Å². The molecule has 0 saturated heterocycles. The second-order valence-corrected chi connectivity index (χ2v) is 2.85. The molecule has 0 saturated carbocycles. The van der Waals surface area contributed by atoms with E-state index in [-0.39, 0.29) is 5.56 Å². The van der Waals surface area contributed by atoms with Gasteiger partial charge in [0.05, 0.1) is 0 Å². The highest BCUT2D eigenvalue weighted by molar-refractivity contribution is 7.14. The topological polar surface area (TPSA) is 22.0 Å². The standard InChI is InChI=1S/C7H10NOP/c1-5-3-4-6(2)8(10)7(5)9/h3-4H,10H2,1-2H3. The van der Waals surface area contributed by atoms with Crippen LogP contribution in [0.4, 0.5) is 0 Å². The molecule has 1 aromatic heterocycles. The van der Waals surface area contributed by atoms with Gasteiger partial charge in [0.1, 0.15) is 0 Å². The van der Waals surface area contributed by atoms with E-state index in [9.17, 15) is 4.79 Å². The Morgan fingerprint density at radius 3 is 2.50 bits per heavy atom. The largest absolute Gasteiger partial charge is 0.297 e. The van der Waals surface area contributed by atoms with Gasteiger partial charge in [-0.3, -0.25) is 9.13 Å². The molecule has 0 bridgehead atoms. The Labute approximate surface area is 62.1 Å². The first-order chi connectivity index (χ1) is 4.63. The number of nitrogens with zero attached hydrogens (tertiary/aromatic N) is 1. The first-order valence-electron chi connectivity index (χ1n) is 3.07. The zero-order valence-electron chi connectivity index (χ0n) is 6.09. The Kier molecular flexibility index (Phi) is 1.91. The maximum absolute atomic E-state index is 11.1. The SMILES string of the molecule is Cc1ccc(C)n(P)c1=O. The van der Waals surface area contributed by atoms with Crippen LogP contribution in [0.1, 0.15) is 11.3 Å². The monoisotopic (exact) mass is 155 g/mol. The number of hydrogen-bond acceptors (Lipinski definition) is 1. The van der Waals surface area contributed by atoms with E-state index >= 15 is 0 Å². The Morgan fingerprint density at radius 2 is 2.00 bits per heavy atom. The van der Waals surface area contributed by atoms with Crippen molar-refractivity contribution >= 4 is 9.39 Å². The molecule has 1 aromatic rings. The van der Waals surface area contributed by atoms with Gasteiger partial charge in [-0.2, -0.15) is 0 Å². The fraction of sp³-hybridized carbons (Fsp3) is 0.286. The molecule has 0 N–H and O–H groups in total. The third kappa shape index (κ3) is 1.12. The summed E-state index contributed by atoms with van der Waals surface area (Å²) in [5.41, 5.74) is 1.80. The van der Waals surface area contributed by atoms with Crippen molar-refractivity contribution in [2.45, 2.75) is 13.8 Å². The average Bonchev–Trinajstić information content (AvgIpc) is 1.93. The van der Waals surface area contributed by atoms with E-state index in [4.69, 9.17) is 0 Å². The van der Waals surface area contributed by atoms with Gasteiger partial charge in [-0.1, -0.05) is 6.07 Å². The van der Waals surface area contributed by atoms with Gasteiger partial charge < -0.3 is 0 Å². The van der Waals surface area contributed by atoms with Gasteiger partial charge in [0.2, 0.25) is 0 Å². The van der Waals surface area contributed by atoms with Crippen molar-refractivity contribution < 1.29 is 0 Å². The number of aromatic nitrogens is 1. The molecule has 1 atom stereocenters. The Balaban J connectivity index is 3.50. The molecule has 0 aliphatic heterocycles. The quantitative estimate of drug-likeness (QED) is 0.514. The molecular weight excluding hydrogens is 145 g/mol. The molecule has 0 fully saturated rings. The number of hydrogen-bond donors (Lipinski definition) is 0. The van der Waals surface area contributed by atoms with Gasteiger partial charge in [-0.25, -0.2) is 0 Å². The van der Waals surface area contributed by atoms with E-state index in [0.29, 0.717) is 0 Å². The lowest BCUT2D eigenvalue weighted by Crippen LogP contribution is -2.16. The summed E-state index contributed by atoms with van der Waals surface area (Å²) in [7, 11) is 2.38. The minimum atomic E-state index is 0.0602. The van der Waals surface area contributed by atoms with Crippen molar-refractivity contribution in [3.63, 3.8) is 0 Å². The van der Waals surface area contributed by atoms with Crippen molar-refractivity contribution in [3.05, 3.63) is 33.7 Å². The van der Waals surface area contributed by atoms with Crippen LogP contribution in [0.15, 0.2) is 16.9 Å². The van der Waals surface area contributed by atoms with Crippen LogP contribution in [-0.2, 0) is 0 Å². The third-order valence-electron chi connectivity index (χ3n) is 1.51. The van der Waals surface area contributed by atoms with E-state index in [1.165, 1.54) is 0 Å². The molecule has 1 heterocycles. The van der Waals surface area contributed by atoms with Crippen molar-refractivity contribution in [3.8, 4) is 0 Å². The van der Waals surface area contributed by atoms with Crippen LogP contribution < -0.4 is 5.56 Å². The molecular formula is C7H10NOP. The Hall–Kier alpha value is -0.620. The van der Waals surface area contributed by atoms with Crippen molar-refractivity contribution in [1.29, 1.82) is 0 Å². The molecule has 3 heteroatoms. The fourth-order valence-electron chi connectivity index (χ4n) is 0.747. The van der Waals surface area contributed by atoms with Crippen LogP contribution in [0.2, 0.25) is 0 Å². The lowest BCUT2D eigenvalue weighted by Gasteiger charge is -2.01. The first kappa shape index (κ1) is 7.49. The number of rotatable bonds is 0. The van der Waals surface area contributed by atoms with Crippen molar-refractivity contribution in [2.75, 3.05) is 0 Å². The van der Waals surface area contributed by atoms with E-state index in [0.717, 1.165) is 11.3 Å². The van der Waals surface area contributed by atoms with Gasteiger partial charge in [0.25, 0.3) is 5.56 Å². The molecule has 0 amide bonds. The molecule has 1 rings (SSSR count). The predicted octanol–water partition coefficient (Wildman–Crippen LogP) is 1.10. The summed E-state index contributed by atoms with van der Waals surface area (Å²) in [5, 5.41) is 0. The highest BCUT2D eigenvalue weighted by Crippen LogP contribution is 1.99. The molecule has 1 unspecified atom stereocenters. The normalized spacial score (nSPS) is 9.90. The third-order valence-corrected chi connectivity index (χ3v) is 2.15.